The molecule has 0 aliphatic carbocycles. The van der Waals surface area contributed by atoms with E-state index >= 15 is 0 Å². The summed E-state index contributed by atoms with van der Waals surface area (Å²) in [4.78, 5) is 5.04. The predicted molar refractivity (Wildman–Crippen MR) is 109 cm³/mol. The Hall–Kier alpha value is -1.99. The number of ether oxygens (including phenoxy) is 1. The molecule has 0 unspecified atom stereocenters. The van der Waals surface area contributed by atoms with Gasteiger partial charge in [-0.05, 0) is 47.7 Å². The molecular weight excluding hydrogens is 352 g/mol. The molecule has 0 radical (unpaired) electrons. The monoisotopic (exact) mass is 384 g/mol. The maximum Gasteiger partial charge on any atom is 0.168 e. The summed E-state index contributed by atoms with van der Waals surface area (Å²) in [5, 5.41) is 12.8. The SMILES string of the molecule is CC(C)C[C@@H](c1nnnn1C[C@@H]1CCCO1)N1CCN(c2ccccc2)CC1. The minimum Gasteiger partial charge on any atom is -0.376 e. The molecule has 2 aliphatic heterocycles. The summed E-state index contributed by atoms with van der Waals surface area (Å²) < 4.78 is 7.81. The number of piperazine rings is 1. The molecule has 2 aliphatic rings. The number of aromatic nitrogens is 4. The summed E-state index contributed by atoms with van der Waals surface area (Å²) in [6.07, 6.45) is 3.55. The average molecular weight is 385 g/mol. The third kappa shape index (κ3) is 4.52. The summed E-state index contributed by atoms with van der Waals surface area (Å²) in [6.45, 7) is 10.3. The van der Waals surface area contributed by atoms with Crippen molar-refractivity contribution in [2.75, 3.05) is 37.7 Å². The van der Waals surface area contributed by atoms with Gasteiger partial charge in [0.25, 0.3) is 0 Å². The summed E-state index contributed by atoms with van der Waals surface area (Å²) in [6, 6.07) is 11.0. The highest BCUT2D eigenvalue weighted by molar-refractivity contribution is 5.46. The van der Waals surface area contributed by atoms with Gasteiger partial charge in [0.15, 0.2) is 5.82 Å². The van der Waals surface area contributed by atoms with Crippen molar-refractivity contribution in [2.24, 2.45) is 5.92 Å². The van der Waals surface area contributed by atoms with E-state index in [2.05, 4.69) is 69.5 Å². The van der Waals surface area contributed by atoms with Crippen LogP contribution < -0.4 is 4.90 Å². The number of tetrazole rings is 1. The minimum absolute atomic E-state index is 0.247. The maximum atomic E-state index is 5.81. The standard InChI is InChI=1S/C21H32N6O/c1-17(2)15-20(21-22-23-24-27(21)16-19-9-6-14-28-19)26-12-10-25(11-13-26)18-7-4-3-5-8-18/h3-5,7-8,17,19-20H,6,9-16H2,1-2H3/t19-,20-/m0/s1. The molecular formula is C21H32N6O. The van der Waals surface area contributed by atoms with E-state index in [1.807, 2.05) is 4.68 Å². The van der Waals surface area contributed by atoms with E-state index in [1.54, 1.807) is 0 Å². The zero-order valence-electron chi connectivity index (χ0n) is 17.1. The number of hydrogen-bond donors (Lipinski definition) is 0. The molecule has 1 aromatic carbocycles. The fourth-order valence-corrected chi connectivity index (χ4v) is 4.36. The van der Waals surface area contributed by atoms with Crippen LogP contribution in [0.4, 0.5) is 5.69 Å². The third-order valence-electron chi connectivity index (χ3n) is 5.83. The van der Waals surface area contributed by atoms with Crippen molar-refractivity contribution in [3.05, 3.63) is 36.2 Å². The number of nitrogens with zero attached hydrogens (tertiary/aromatic N) is 6. The molecule has 0 N–H and O–H groups in total. The molecule has 7 heteroatoms. The van der Waals surface area contributed by atoms with Crippen molar-refractivity contribution in [2.45, 2.75) is 51.8 Å². The van der Waals surface area contributed by atoms with Crippen LogP contribution in [0.25, 0.3) is 0 Å². The van der Waals surface area contributed by atoms with Gasteiger partial charge in [0.1, 0.15) is 0 Å². The molecule has 2 atom stereocenters. The van der Waals surface area contributed by atoms with E-state index < -0.39 is 0 Å². The van der Waals surface area contributed by atoms with Crippen LogP contribution in [0.5, 0.6) is 0 Å². The van der Waals surface area contributed by atoms with Gasteiger partial charge < -0.3 is 9.64 Å². The van der Waals surface area contributed by atoms with Crippen LogP contribution >= 0.6 is 0 Å². The molecule has 152 valence electrons. The zero-order valence-corrected chi connectivity index (χ0v) is 17.1. The summed E-state index contributed by atoms with van der Waals surface area (Å²) in [7, 11) is 0. The number of benzene rings is 1. The second kappa shape index (κ2) is 9.01. The van der Waals surface area contributed by atoms with Crippen LogP contribution in [0.1, 0.15) is 45.0 Å². The Balaban J connectivity index is 1.46. The van der Waals surface area contributed by atoms with Gasteiger partial charge in [0.2, 0.25) is 0 Å². The van der Waals surface area contributed by atoms with Gasteiger partial charge in [-0.2, -0.15) is 0 Å². The molecule has 4 rings (SSSR count). The topological polar surface area (TPSA) is 59.3 Å². The molecule has 7 nitrogen and oxygen atoms in total. The van der Waals surface area contributed by atoms with Gasteiger partial charge in [-0.25, -0.2) is 4.68 Å². The van der Waals surface area contributed by atoms with E-state index in [4.69, 9.17) is 4.74 Å². The highest BCUT2D eigenvalue weighted by Crippen LogP contribution is 2.29. The van der Waals surface area contributed by atoms with Gasteiger partial charge in [-0.15, -0.1) is 5.10 Å². The first kappa shape index (κ1) is 19.3. The normalized spacial score (nSPS) is 22.1. The van der Waals surface area contributed by atoms with Crippen LogP contribution in [-0.4, -0.2) is 64.0 Å². The second-order valence-electron chi connectivity index (χ2n) is 8.36. The summed E-state index contributed by atoms with van der Waals surface area (Å²) in [5.41, 5.74) is 1.31. The van der Waals surface area contributed by atoms with Crippen LogP contribution in [0.3, 0.4) is 0 Å². The lowest BCUT2D eigenvalue weighted by Gasteiger charge is -2.40. The maximum absolute atomic E-state index is 5.81. The van der Waals surface area contributed by atoms with Crippen molar-refractivity contribution >= 4 is 5.69 Å². The fraction of sp³-hybridized carbons (Fsp3) is 0.667. The van der Waals surface area contributed by atoms with Crippen molar-refractivity contribution < 1.29 is 4.74 Å². The molecule has 0 saturated carbocycles. The van der Waals surface area contributed by atoms with Crippen LogP contribution in [0.2, 0.25) is 0 Å². The Morgan fingerprint density at radius 3 is 2.57 bits per heavy atom. The van der Waals surface area contributed by atoms with E-state index in [0.29, 0.717) is 5.92 Å². The molecule has 3 heterocycles. The Kier molecular flexibility index (Phi) is 6.22. The molecule has 2 saturated heterocycles. The van der Waals surface area contributed by atoms with Crippen molar-refractivity contribution in [3.8, 4) is 0 Å². The predicted octanol–water partition coefficient (Wildman–Crippen LogP) is 2.76. The lowest BCUT2D eigenvalue weighted by atomic mass is 10.0. The summed E-state index contributed by atoms with van der Waals surface area (Å²) >= 11 is 0. The molecule has 2 fully saturated rings. The Labute approximate surface area is 167 Å². The number of anilines is 1. The van der Waals surface area contributed by atoms with Crippen LogP contribution in [0, 0.1) is 5.92 Å². The highest BCUT2D eigenvalue weighted by Gasteiger charge is 2.30. The summed E-state index contributed by atoms with van der Waals surface area (Å²) in [5.74, 6) is 1.59. The number of para-hydroxylation sites is 1. The number of hydrogen-bond acceptors (Lipinski definition) is 6. The molecule has 0 amide bonds. The zero-order chi connectivity index (χ0) is 19.3. The van der Waals surface area contributed by atoms with Crippen molar-refractivity contribution in [1.82, 2.24) is 25.1 Å². The van der Waals surface area contributed by atoms with Gasteiger partial charge in [-0.1, -0.05) is 32.0 Å². The lowest BCUT2D eigenvalue weighted by molar-refractivity contribution is 0.0885. The average Bonchev–Trinajstić information content (AvgIpc) is 3.39. The first-order chi connectivity index (χ1) is 13.7. The van der Waals surface area contributed by atoms with Crippen LogP contribution in [0.15, 0.2) is 30.3 Å². The highest BCUT2D eigenvalue weighted by atomic mass is 16.5. The Morgan fingerprint density at radius 2 is 1.89 bits per heavy atom. The quantitative estimate of drug-likeness (QED) is 0.732. The van der Waals surface area contributed by atoms with Crippen molar-refractivity contribution in [3.63, 3.8) is 0 Å². The first-order valence-electron chi connectivity index (χ1n) is 10.6. The Morgan fingerprint density at radius 1 is 1.11 bits per heavy atom. The molecule has 2 aromatic rings. The van der Waals surface area contributed by atoms with E-state index in [1.165, 1.54) is 5.69 Å². The van der Waals surface area contributed by atoms with E-state index in [9.17, 15) is 0 Å². The van der Waals surface area contributed by atoms with Gasteiger partial charge >= 0.3 is 0 Å². The third-order valence-corrected chi connectivity index (χ3v) is 5.83. The molecule has 1 aromatic heterocycles. The largest absolute Gasteiger partial charge is 0.376 e. The van der Waals surface area contributed by atoms with Gasteiger partial charge in [0, 0.05) is 38.5 Å². The smallest absolute Gasteiger partial charge is 0.168 e. The van der Waals surface area contributed by atoms with E-state index in [-0.39, 0.29) is 12.1 Å². The lowest BCUT2D eigenvalue weighted by Crippen LogP contribution is -2.48. The molecule has 28 heavy (non-hydrogen) atoms. The Bertz CT molecular complexity index is 720. The number of rotatable bonds is 7. The fourth-order valence-electron chi connectivity index (χ4n) is 4.36. The van der Waals surface area contributed by atoms with Crippen molar-refractivity contribution in [1.29, 1.82) is 0 Å². The molecule has 0 spiro atoms. The molecule has 0 bridgehead atoms. The second-order valence-corrected chi connectivity index (χ2v) is 8.36. The van der Waals surface area contributed by atoms with E-state index in [0.717, 1.165) is 64.4 Å². The van der Waals surface area contributed by atoms with Gasteiger partial charge in [-0.3, -0.25) is 4.90 Å². The first-order valence-corrected chi connectivity index (χ1v) is 10.6. The minimum atomic E-state index is 0.247. The van der Waals surface area contributed by atoms with Gasteiger partial charge in [0.05, 0.1) is 18.7 Å². The van der Waals surface area contributed by atoms with Crippen LogP contribution in [-0.2, 0) is 11.3 Å².